The number of benzene rings is 1. The van der Waals surface area contributed by atoms with Crippen molar-refractivity contribution >= 4 is 0 Å². The second-order valence-electron chi connectivity index (χ2n) is 4.27. The molecule has 90 valence electrons. The molecule has 1 atom stereocenters. The first-order valence-electron chi connectivity index (χ1n) is 5.75. The van der Waals surface area contributed by atoms with Gasteiger partial charge in [0.2, 0.25) is 0 Å². The number of H-pyrrole nitrogens is 1. The number of rotatable bonds is 4. The summed E-state index contributed by atoms with van der Waals surface area (Å²) in [7, 11) is 0. The number of hydrogen-bond acceptors (Lipinski definition) is 2. The lowest BCUT2D eigenvalue weighted by molar-refractivity contribution is 0.212. The number of aliphatic hydroxyl groups is 1. The normalized spacial score (nSPS) is 12.7. The highest BCUT2D eigenvalue weighted by Crippen LogP contribution is 2.24. The van der Waals surface area contributed by atoms with Crippen LogP contribution in [-0.2, 0) is 0 Å². The standard InChI is InChI=1S/C14H17NO2/c1-10(2)17-12-6-3-5-11(9-12)14(16)13-7-4-8-15-13/h3-10,14-16H,1-2H3. The van der Waals surface area contributed by atoms with Gasteiger partial charge in [-0.1, -0.05) is 12.1 Å². The third-order valence-corrected chi connectivity index (χ3v) is 2.46. The van der Waals surface area contributed by atoms with E-state index in [0.717, 1.165) is 17.0 Å². The SMILES string of the molecule is CC(C)Oc1cccc(C(O)c2ccc[nH]2)c1. The molecule has 0 spiro atoms. The maximum absolute atomic E-state index is 10.2. The molecule has 0 radical (unpaired) electrons. The Morgan fingerprint density at radius 3 is 2.65 bits per heavy atom. The fraction of sp³-hybridized carbons (Fsp3) is 0.286. The summed E-state index contributed by atoms with van der Waals surface area (Å²) in [5, 5.41) is 10.2. The number of aromatic amines is 1. The molecule has 17 heavy (non-hydrogen) atoms. The van der Waals surface area contributed by atoms with Gasteiger partial charge in [0.1, 0.15) is 11.9 Å². The minimum Gasteiger partial charge on any atom is -0.491 e. The molecule has 3 heteroatoms. The van der Waals surface area contributed by atoms with E-state index in [0.29, 0.717) is 0 Å². The van der Waals surface area contributed by atoms with Gasteiger partial charge in [0.05, 0.1) is 6.10 Å². The summed E-state index contributed by atoms with van der Waals surface area (Å²) in [4.78, 5) is 3.00. The number of aliphatic hydroxyl groups excluding tert-OH is 1. The third-order valence-electron chi connectivity index (χ3n) is 2.46. The molecule has 0 bridgehead atoms. The lowest BCUT2D eigenvalue weighted by Crippen LogP contribution is -2.06. The number of hydrogen-bond donors (Lipinski definition) is 2. The number of aromatic nitrogens is 1. The lowest BCUT2D eigenvalue weighted by atomic mass is 10.1. The first-order chi connectivity index (χ1) is 8.16. The minimum atomic E-state index is -0.638. The van der Waals surface area contributed by atoms with Crippen LogP contribution in [0.2, 0.25) is 0 Å². The zero-order chi connectivity index (χ0) is 12.3. The van der Waals surface area contributed by atoms with Gasteiger partial charge in [0, 0.05) is 11.9 Å². The van der Waals surface area contributed by atoms with Gasteiger partial charge in [-0.15, -0.1) is 0 Å². The Balaban J connectivity index is 2.21. The van der Waals surface area contributed by atoms with Crippen LogP contribution >= 0.6 is 0 Å². The first-order valence-corrected chi connectivity index (χ1v) is 5.75. The van der Waals surface area contributed by atoms with E-state index in [1.54, 1.807) is 6.20 Å². The van der Waals surface area contributed by atoms with Crippen molar-refractivity contribution in [1.82, 2.24) is 4.98 Å². The topological polar surface area (TPSA) is 45.2 Å². The van der Waals surface area contributed by atoms with E-state index in [1.165, 1.54) is 0 Å². The van der Waals surface area contributed by atoms with E-state index >= 15 is 0 Å². The summed E-state index contributed by atoms with van der Waals surface area (Å²) < 4.78 is 5.60. The molecule has 1 aromatic carbocycles. The lowest BCUT2D eigenvalue weighted by Gasteiger charge is -2.13. The van der Waals surface area contributed by atoms with Crippen molar-refractivity contribution in [2.24, 2.45) is 0 Å². The molecular formula is C14H17NO2. The average molecular weight is 231 g/mol. The highest BCUT2D eigenvalue weighted by atomic mass is 16.5. The summed E-state index contributed by atoms with van der Waals surface area (Å²) in [6.07, 6.45) is 1.29. The van der Waals surface area contributed by atoms with Gasteiger partial charge in [-0.2, -0.15) is 0 Å². The quantitative estimate of drug-likeness (QED) is 0.849. The highest BCUT2D eigenvalue weighted by molar-refractivity contribution is 5.33. The van der Waals surface area contributed by atoms with Crippen molar-refractivity contribution in [3.05, 3.63) is 53.9 Å². The molecule has 1 aromatic heterocycles. The van der Waals surface area contributed by atoms with Gasteiger partial charge in [0.15, 0.2) is 0 Å². The van der Waals surface area contributed by atoms with Crippen LogP contribution in [0.5, 0.6) is 5.75 Å². The zero-order valence-electron chi connectivity index (χ0n) is 10.1. The highest BCUT2D eigenvalue weighted by Gasteiger charge is 2.11. The van der Waals surface area contributed by atoms with Gasteiger partial charge < -0.3 is 14.8 Å². The molecule has 2 aromatic rings. The van der Waals surface area contributed by atoms with Crippen LogP contribution in [0.15, 0.2) is 42.6 Å². The summed E-state index contributed by atoms with van der Waals surface area (Å²) in [6, 6.07) is 11.3. The molecule has 3 nitrogen and oxygen atoms in total. The van der Waals surface area contributed by atoms with Crippen molar-refractivity contribution in [3.63, 3.8) is 0 Å². The second-order valence-corrected chi connectivity index (χ2v) is 4.27. The van der Waals surface area contributed by atoms with Gasteiger partial charge in [-0.25, -0.2) is 0 Å². The van der Waals surface area contributed by atoms with Crippen molar-refractivity contribution in [1.29, 1.82) is 0 Å². The van der Waals surface area contributed by atoms with E-state index in [4.69, 9.17) is 4.74 Å². The molecule has 0 fully saturated rings. The van der Waals surface area contributed by atoms with Crippen LogP contribution in [0.3, 0.4) is 0 Å². The van der Waals surface area contributed by atoms with Gasteiger partial charge in [0.25, 0.3) is 0 Å². The molecule has 0 aliphatic rings. The average Bonchev–Trinajstić information content (AvgIpc) is 2.81. The Morgan fingerprint density at radius 2 is 2.00 bits per heavy atom. The van der Waals surface area contributed by atoms with Crippen molar-refractivity contribution in [3.8, 4) is 5.75 Å². The van der Waals surface area contributed by atoms with Crippen LogP contribution in [0.25, 0.3) is 0 Å². The molecule has 1 heterocycles. The van der Waals surface area contributed by atoms with Gasteiger partial charge in [-0.05, 0) is 43.7 Å². The zero-order valence-corrected chi connectivity index (χ0v) is 10.1. The largest absolute Gasteiger partial charge is 0.491 e. The molecule has 0 aliphatic carbocycles. The number of ether oxygens (including phenoxy) is 1. The van der Waals surface area contributed by atoms with Crippen molar-refractivity contribution in [2.75, 3.05) is 0 Å². The predicted octanol–water partition coefficient (Wildman–Crippen LogP) is 2.88. The maximum atomic E-state index is 10.2. The monoisotopic (exact) mass is 231 g/mol. The molecule has 0 saturated carbocycles. The van der Waals surface area contributed by atoms with Crippen LogP contribution < -0.4 is 4.74 Å². The molecule has 0 aliphatic heterocycles. The van der Waals surface area contributed by atoms with Crippen molar-refractivity contribution < 1.29 is 9.84 Å². The van der Waals surface area contributed by atoms with Crippen LogP contribution in [-0.4, -0.2) is 16.2 Å². The minimum absolute atomic E-state index is 0.132. The summed E-state index contributed by atoms with van der Waals surface area (Å²) in [5.41, 5.74) is 1.61. The second kappa shape index (κ2) is 5.06. The molecule has 0 amide bonds. The fourth-order valence-electron chi connectivity index (χ4n) is 1.72. The smallest absolute Gasteiger partial charge is 0.120 e. The first kappa shape index (κ1) is 11.7. The van der Waals surface area contributed by atoms with Crippen LogP contribution in [0, 0.1) is 0 Å². The Kier molecular flexibility index (Phi) is 3.49. The van der Waals surface area contributed by atoms with Gasteiger partial charge >= 0.3 is 0 Å². The molecular weight excluding hydrogens is 214 g/mol. The van der Waals surface area contributed by atoms with Gasteiger partial charge in [-0.3, -0.25) is 0 Å². The summed E-state index contributed by atoms with van der Waals surface area (Å²) in [6.45, 7) is 3.96. The molecule has 2 rings (SSSR count). The van der Waals surface area contributed by atoms with Crippen molar-refractivity contribution in [2.45, 2.75) is 26.1 Å². The molecule has 0 saturated heterocycles. The Labute approximate surface area is 101 Å². The van der Waals surface area contributed by atoms with Crippen LogP contribution in [0.4, 0.5) is 0 Å². The third kappa shape index (κ3) is 2.88. The van der Waals surface area contributed by atoms with E-state index in [9.17, 15) is 5.11 Å². The van der Waals surface area contributed by atoms with Crippen LogP contribution in [0.1, 0.15) is 31.2 Å². The molecule has 2 N–H and O–H groups in total. The number of nitrogens with one attached hydrogen (secondary N) is 1. The Hall–Kier alpha value is -1.74. The van der Waals surface area contributed by atoms with E-state index in [1.807, 2.05) is 50.2 Å². The Morgan fingerprint density at radius 1 is 1.18 bits per heavy atom. The summed E-state index contributed by atoms with van der Waals surface area (Å²) in [5.74, 6) is 0.781. The summed E-state index contributed by atoms with van der Waals surface area (Å²) >= 11 is 0. The maximum Gasteiger partial charge on any atom is 0.120 e. The van der Waals surface area contributed by atoms with E-state index in [2.05, 4.69) is 4.98 Å². The predicted molar refractivity (Wildman–Crippen MR) is 67.1 cm³/mol. The Bertz CT molecular complexity index is 463. The fourth-order valence-corrected chi connectivity index (χ4v) is 1.72. The molecule has 1 unspecified atom stereocenters. The van der Waals surface area contributed by atoms with E-state index < -0.39 is 6.10 Å². The van der Waals surface area contributed by atoms with E-state index in [-0.39, 0.29) is 6.10 Å².